The maximum absolute atomic E-state index is 4.88. The first kappa shape index (κ1) is 19.5. The maximum atomic E-state index is 4.88. The molecule has 0 radical (unpaired) electrons. The zero-order valence-electron chi connectivity index (χ0n) is 14.2. The fraction of sp³-hybridized carbons (Fsp3) is 0.895. The van der Waals surface area contributed by atoms with Crippen LogP contribution in [0.2, 0.25) is 0 Å². The lowest BCUT2D eigenvalue weighted by Crippen LogP contribution is -1.83. The molecule has 20 heavy (non-hydrogen) atoms. The molecule has 0 N–H and O–H groups in total. The molecule has 1 heteroatoms. The van der Waals surface area contributed by atoms with E-state index < -0.39 is 0 Å². The van der Waals surface area contributed by atoms with Crippen LogP contribution in [0, 0.1) is 0 Å². The Kier molecular flexibility index (Phi) is 18.1. The second-order valence-corrected chi connectivity index (χ2v) is 5.99. The summed E-state index contributed by atoms with van der Waals surface area (Å²) in [5, 5.41) is 0. The Labute approximate surface area is 128 Å². The number of unbranched alkanes of at least 4 members (excludes halogenated alkanes) is 14. The van der Waals surface area contributed by atoms with Gasteiger partial charge in [-0.15, -0.1) is 0 Å². The zero-order chi connectivity index (χ0) is 14.7. The molecule has 0 unspecified atom stereocenters. The topological polar surface area (TPSA) is 9.23 Å². The summed E-state index contributed by atoms with van der Waals surface area (Å²) in [7, 11) is 1.71. The molecule has 0 bridgehead atoms. The average Bonchev–Trinajstić information content (AvgIpc) is 2.47. The molecular formula is C19H38O. The van der Waals surface area contributed by atoms with Crippen LogP contribution in [-0.2, 0) is 4.74 Å². The first-order valence-corrected chi connectivity index (χ1v) is 9.09. The van der Waals surface area contributed by atoms with Crippen LogP contribution in [-0.4, -0.2) is 7.11 Å². The molecule has 0 heterocycles. The van der Waals surface area contributed by atoms with Gasteiger partial charge in [0.2, 0.25) is 0 Å². The van der Waals surface area contributed by atoms with Crippen molar-refractivity contribution >= 4 is 0 Å². The number of hydrogen-bond acceptors (Lipinski definition) is 1. The number of rotatable bonds is 16. The van der Waals surface area contributed by atoms with Crippen molar-refractivity contribution in [3.8, 4) is 0 Å². The van der Waals surface area contributed by atoms with Crippen molar-refractivity contribution in [1.29, 1.82) is 0 Å². The molecule has 0 aliphatic rings. The summed E-state index contributed by atoms with van der Waals surface area (Å²) in [6, 6.07) is 0. The van der Waals surface area contributed by atoms with Crippen molar-refractivity contribution in [2.24, 2.45) is 0 Å². The van der Waals surface area contributed by atoms with E-state index in [1.165, 1.54) is 96.3 Å². The second kappa shape index (κ2) is 18.5. The van der Waals surface area contributed by atoms with Gasteiger partial charge in [-0.2, -0.15) is 0 Å². The number of allylic oxidation sites excluding steroid dienone is 1. The Bertz CT molecular complexity index is 186. The Morgan fingerprint density at radius 3 is 1.40 bits per heavy atom. The first-order valence-electron chi connectivity index (χ1n) is 9.09. The van der Waals surface area contributed by atoms with E-state index in [4.69, 9.17) is 4.74 Å². The lowest BCUT2D eigenvalue weighted by atomic mass is 10.0. The van der Waals surface area contributed by atoms with Crippen LogP contribution in [0.15, 0.2) is 12.3 Å². The summed E-state index contributed by atoms with van der Waals surface area (Å²) < 4.78 is 4.88. The normalized spacial score (nSPS) is 11.3. The van der Waals surface area contributed by atoms with Gasteiger partial charge in [0.15, 0.2) is 0 Å². The highest BCUT2D eigenvalue weighted by Gasteiger charge is 1.93. The lowest BCUT2D eigenvalue weighted by Gasteiger charge is -2.02. The quantitative estimate of drug-likeness (QED) is 0.218. The lowest BCUT2D eigenvalue weighted by molar-refractivity contribution is 0.336. The van der Waals surface area contributed by atoms with E-state index in [9.17, 15) is 0 Å². The minimum atomic E-state index is 1.17. The van der Waals surface area contributed by atoms with Crippen LogP contribution in [0.1, 0.15) is 103 Å². The molecule has 0 saturated carbocycles. The number of methoxy groups -OCH3 is 1. The van der Waals surface area contributed by atoms with Gasteiger partial charge in [0.1, 0.15) is 0 Å². The zero-order valence-corrected chi connectivity index (χ0v) is 14.2. The molecule has 1 nitrogen and oxygen atoms in total. The molecule has 0 atom stereocenters. The van der Waals surface area contributed by atoms with Crippen LogP contribution in [0.3, 0.4) is 0 Å². The van der Waals surface area contributed by atoms with Crippen molar-refractivity contribution in [2.75, 3.05) is 7.11 Å². The van der Waals surface area contributed by atoms with E-state index in [2.05, 4.69) is 13.0 Å². The van der Waals surface area contributed by atoms with Crippen LogP contribution in [0.25, 0.3) is 0 Å². The summed E-state index contributed by atoms with van der Waals surface area (Å²) in [5.41, 5.74) is 0. The molecule has 0 aromatic rings. The third-order valence-corrected chi connectivity index (χ3v) is 3.96. The molecule has 0 amide bonds. The molecule has 0 rings (SSSR count). The standard InChI is InChI=1S/C19H38O/c1-3-4-5-6-7-8-9-10-11-12-13-14-15-16-17-18-19-20-2/h18-19H,3-17H2,1-2H3. The monoisotopic (exact) mass is 282 g/mol. The maximum Gasteiger partial charge on any atom is 0.0784 e. The summed E-state index contributed by atoms with van der Waals surface area (Å²) in [4.78, 5) is 0. The van der Waals surface area contributed by atoms with Gasteiger partial charge < -0.3 is 4.74 Å². The second-order valence-electron chi connectivity index (χ2n) is 5.99. The predicted octanol–water partition coefficient (Wildman–Crippen LogP) is 7.02. The molecule has 0 fully saturated rings. The Hall–Kier alpha value is -0.460. The Morgan fingerprint density at radius 2 is 1.00 bits per heavy atom. The average molecular weight is 283 g/mol. The van der Waals surface area contributed by atoms with E-state index in [-0.39, 0.29) is 0 Å². The van der Waals surface area contributed by atoms with E-state index in [1.807, 2.05) is 0 Å². The Balaban J connectivity index is 2.94. The van der Waals surface area contributed by atoms with E-state index in [0.29, 0.717) is 0 Å². The molecular weight excluding hydrogens is 244 g/mol. The minimum Gasteiger partial charge on any atom is -0.505 e. The van der Waals surface area contributed by atoms with Crippen LogP contribution in [0.4, 0.5) is 0 Å². The smallest absolute Gasteiger partial charge is 0.0784 e. The fourth-order valence-electron chi connectivity index (χ4n) is 2.62. The van der Waals surface area contributed by atoms with Gasteiger partial charge in [0.25, 0.3) is 0 Å². The third kappa shape index (κ3) is 17.5. The van der Waals surface area contributed by atoms with Crippen molar-refractivity contribution in [1.82, 2.24) is 0 Å². The third-order valence-electron chi connectivity index (χ3n) is 3.96. The largest absolute Gasteiger partial charge is 0.505 e. The summed E-state index contributed by atoms with van der Waals surface area (Å²) in [6.45, 7) is 2.29. The van der Waals surface area contributed by atoms with E-state index in [0.717, 1.165) is 0 Å². The van der Waals surface area contributed by atoms with E-state index in [1.54, 1.807) is 13.4 Å². The SMILES string of the molecule is CCCCCCCCCCCCCCCCC=COC. The van der Waals surface area contributed by atoms with E-state index >= 15 is 0 Å². The van der Waals surface area contributed by atoms with Gasteiger partial charge in [-0.1, -0.05) is 90.4 Å². The van der Waals surface area contributed by atoms with Gasteiger partial charge in [-0.3, -0.25) is 0 Å². The number of hydrogen-bond donors (Lipinski definition) is 0. The molecule has 0 aliphatic heterocycles. The molecule has 0 saturated heterocycles. The van der Waals surface area contributed by atoms with Crippen LogP contribution in [0.5, 0.6) is 0 Å². The fourth-order valence-corrected chi connectivity index (χ4v) is 2.62. The van der Waals surface area contributed by atoms with Gasteiger partial charge in [-0.05, 0) is 18.9 Å². The van der Waals surface area contributed by atoms with Crippen LogP contribution < -0.4 is 0 Å². The highest BCUT2D eigenvalue weighted by Crippen LogP contribution is 2.13. The summed E-state index contributed by atoms with van der Waals surface area (Å²) in [6.07, 6.45) is 25.1. The van der Waals surface area contributed by atoms with Crippen molar-refractivity contribution in [3.63, 3.8) is 0 Å². The van der Waals surface area contributed by atoms with Crippen LogP contribution >= 0.6 is 0 Å². The molecule has 0 spiro atoms. The predicted molar refractivity (Wildman–Crippen MR) is 91.1 cm³/mol. The molecule has 0 aromatic heterocycles. The first-order chi connectivity index (χ1) is 9.91. The highest BCUT2D eigenvalue weighted by atomic mass is 16.5. The molecule has 120 valence electrons. The summed E-state index contributed by atoms with van der Waals surface area (Å²) >= 11 is 0. The van der Waals surface area contributed by atoms with Crippen molar-refractivity contribution in [2.45, 2.75) is 103 Å². The highest BCUT2D eigenvalue weighted by molar-refractivity contribution is 4.72. The Morgan fingerprint density at radius 1 is 0.600 bits per heavy atom. The number of ether oxygens (including phenoxy) is 1. The van der Waals surface area contributed by atoms with Gasteiger partial charge >= 0.3 is 0 Å². The van der Waals surface area contributed by atoms with Gasteiger partial charge in [0, 0.05) is 0 Å². The van der Waals surface area contributed by atoms with Crippen molar-refractivity contribution < 1.29 is 4.74 Å². The van der Waals surface area contributed by atoms with Crippen molar-refractivity contribution in [3.05, 3.63) is 12.3 Å². The molecule has 0 aliphatic carbocycles. The molecule has 0 aromatic carbocycles. The van der Waals surface area contributed by atoms with Gasteiger partial charge in [-0.25, -0.2) is 0 Å². The summed E-state index contributed by atoms with van der Waals surface area (Å²) in [5.74, 6) is 0. The minimum absolute atomic E-state index is 1.17. The van der Waals surface area contributed by atoms with Gasteiger partial charge in [0.05, 0.1) is 13.4 Å².